The quantitative estimate of drug-likeness (QED) is 0.594. The molecule has 0 aromatic carbocycles. The molecule has 72 valence electrons. The zero-order valence-corrected chi connectivity index (χ0v) is 8.67. The number of likely N-dealkylation sites (N-methyl/N-ethyl adjacent to an activating group) is 1. The van der Waals surface area contributed by atoms with Crippen LogP contribution in [0.3, 0.4) is 0 Å². The van der Waals surface area contributed by atoms with Gasteiger partial charge < -0.3 is 10.0 Å². The van der Waals surface area contributed by atoms with Crippen molar-refractivity contribution >= 4 is 0 Å². The lowest BCUT2D eigenvalue weighted by molar-refractivity contribution is -0.0165. The van der Waals surface area contributed by atoms with Crippen molar-refractivity contribution in [3.8, 4) is 0 Å². The Bertz CT molecular complexity index is 150. The first kappa shape index (κ1) is 10.0. The fraction of sp³-hybridized carbons (Fsp3) is 1.00. The van der Waals surface area contributed by atoms with Gasteiger partial charge in [0.05, 0.1) is 6.10 Å². The highest BCUT2D eigenvalue weighted by Crippen LogP contribution is 2.33. The second kappa shape index (κ2) is 3.35. The van der Waals surface area contributed by atoms with Crippen LogP contribution in [0.1, 0.15) is 27.2 Å². The van der Waals surface area contributed by atoms with Gasteiger partial charge in [-0.15, -0.1) is 0 Å². The van der Waals surface area contributed by atoms with E-state index in [1.165, 1.54) is 0 Å². The standard InChI is InChI=1S/C10H21NO/c1-10(2,3)8-5-6-11(4)7-9(8)12/h8-9,12H,5-7H2,1-4H3. The van der Waals surface area contributed by atoms with Crippen LogP contribution in [-0.2, 0) is 0 Å². The maximum atomic E-state index is 9.83. The van der Waals surface area contributed by atoms with Crippen molar-refractivity contribution in [3.05, 3.63) is 0 Å². The molecule has 0 spiro atoms. The van der Waals surface area contributed by atoms with Crippen LogP contribution < -0.4 is 0 Å². The third-order valence-electron chi connectivity index (χ3n) is 2.90. The highest BCUT2D eigenvalue weighted by Gasteiger charge is 2.34. The number of nitrogens with zero attached hydrogens (tertiary/aromatic N) is 1. The van der Waals surface area contributed by atoms with E-state index >= 15 is 0 Å². The first-order valence-corrected chi connectivity index (χ1v) is 4.78. The number of hydrogen-bond acceptors (Lipinski definition) is 2. The molecule has 1 fully saturated rings. The van der Waals surface area contributed by atoms with E-state index in [4.69, 9.17) is 0 Å². The molecule has 1 aliphatic heterocycles. The second-order valence-corrected chi connectivity index (χ2v) is 5.09. The second-order valence-electron chi connectivity index (χ2n) is 5.09. The summed E-state index contributed by atoms with van der Waals surface area (Å²) >= 11 is 0. The average Bonchev–Trinajstić information content (AvgIpc) is 1.83. The molecule has 0 radical (unpaired) electrons. The summed E-state index contributed by atoms with van der Waals surface area (Å²) in [5, 5.41) is 9.83. The maximum absolute atomic E-state index is 9.83. The minimum Gasteiger partial charge on any atom is -0.391 e. The molecular weight excluding hydrogens is 150 g/mol. The van der Waals surface area contributed by atoms with Crippen molar-refractivity contribution in [1.82, 2.24) is 4.90 Å². The molecule has 0 aliphatic carbocycles. The van der Waals surface area contributed by atoms with Gasteiger partial charge in [0, 0.05) is 6.54 Å². The number of hydrogen-bond donors (Lipinski definition) is 1. The van der Waals surface area contributed by atoms with Crippen molar-refractivity contribution < 1.29 is 5.11 Å². The van der Waals surface area contributed by atoms with E-state index in [1.54, 1.807) is 0 Å². The zero-order chi connectivity index (χ0) is 9.35. The SMILES string of the molecule is CN1CCC(C(C)(C)C)C(O)C1. The van der Waals surface area contributed by atoms with Gasteiger partial charge in [0.15, 0.2) is 0 Å². The fourth-order valence-electron chi connectivity index (χ4n) is 2.10. The van der Waals surface area contributed by atoms with E-state index in [9.17, 15) is 5.11 Å². The van der Waals surface area contributed by atoms with Crippen LogP contribution in [-0.4, -0.2) is 36.2 Å². The lowest BCUT2D eigenvalue weighted by Gasteiger charge is -2.41. The molecule has 1 N–H and O–H groups in total. The maximum Gasteiger partial charge on any atom is 0.0700 e. The van der Waals surface area contributed by atoms with Crippen molar-refractivity contribution in [2.24, 2.45) is 11.3 Å². The molecule has 1 heterocycles. The molecule has 0 saturated carbocycles. The first-order valence-electron chi connectivity index (χ1n) is 4.78. The van der Waals surface area contributed by atoms with Crippen LogP contribution in [0.2, 0.25) is 0 Å². The van der Waals surface area contributed by atoms with Crippen molar-refractivity contribution in [2.75, 3.05) is 20.1 Å². The molecule has 0 bridgehead atoms. The van der Waals surface area contributed by atoms with Gasteiger partial charge in [-0.25, -0.2) is 0 Å². The van der Waals surface area contributed by atoms with Gasteiger partial charge in [0.1, 0.15) is 0 Å². The summed E-state index contributed by atoms with van der Waals surface area (Å²) in [5.74, 6) is 0.466. The number of rotatable bonds is 0. The minimum atomic E-state index is -0.135. The molecule has 2 heteroatoms. The summed E-state index contributed by atoms with van der Waals surface area (Å²) in [6.07, 6.45) is 0.991. The van der Waals surface area contributed by atoms with Gasteiger partial charge >= 0.3 is 0 Å². The Morgan fingerprint density at radius 3 is 2.33 bits per heavy atom. The third kappa shape index (κ3) is 2.20. The van der Waals surface area contributed by atoms with E-state index in [0.717, 1.165) is 19.5 Å². The van der Waals surface area contributed by atoms with Gasteiger partial charge in [0.25, 0.3) is 0 Å². The van der Waals surface area contributed by atoms with Crippen LogP contribution in [0, 0.1) is 11.3 Å². The lowest BCUT2D eigenvalue weighted by atomic mass is 9.74. The molecule has 1 rings (SSSR count). The van der Waals surface area contributed by atoms with Crippen LogP contribution >= 0.6 is 0 Å². The number of piperidine rings is 1. The third-order valence-corrected chi connectivity index (χ3v) is 2.90. The zero-order valence-electron chi connectivity index (χ0n) is 8.67. The molecule has 1 aliphatic rings. The summed E-state index contributed by atoms with van der Waals surface area (Å²) in [6.45, 7) is 8.60. The molecule has 2 atom stereocenters. The molecule has 0 aromatic rings. The Balaban J connectivity index is 2.57. The summed E-state index contributed by atoms with van der Waals surface area (Å²) in [6, 6.07) is 0. The van der Waals surface area contributed by atoms with Crippen LogP contribution in [0.25, 0.3) is 0 Å². The summed E-state index contributed by atoms with van der Waals surface area (Å²) in [4.78, 5) is 2.20. The molecule has 2 unspecified atom stereocenters. The molecule has 0 amide bonds. The average molecular weight is 171 g/mol. The van der Waals surface area contributed by atoms with E-state index in [1.807, 2.05) is 0 Å². The lowest BCUT2D eigenvalue weighted by Crippen LogP contribution is -2.46. The van der Waals surface area contributed by atoms with Gasteiger partial charge in [-0.2, -0.15) is 0 Å². The molecular formula is C10H21NO. The number of aliphatic hydroxyl groups is 1. The van der Waals surface area contributed by atoms with Crippen molar-refractivity contribution in [2.45, 2.75) is 33.3 Å². The predicted molar refractivity (Wildman–Crippen MR) is 51.1 cm³/mol. The van der Waals surface area contributed by atoms with Gasteiger partial charge in [0.2, 0.25) is 0 Å². The Morgan fingerprint density at radius 2 is 1.92 bits per heavy atom. The highest BCUT2D eigenvalue weighted by molar-refractivity contribution is 4.85. The molecule has 1 saturated heterocycles. The monoisotopic (exact) mass is 171 g/mol. The Labute approximate surface area is 75.6 Å². The molecule has 2 nitrogen and oxygen atoms in total. The predicted octanol–water partition coefficient (Wildman–Crippen LogP) is 1.35. The smallest absolute Gasteiger partial charge is 0.0700 e. The summed E-state index contributed by atoms with van der Waals surface area (Å²) in [7, 11) is 2.07. The van der Waals surface area contributed by atoms with Gasteiger partial charge in [-0.3, -0.25) is 0 Å². The van der Waals surface area contributed by atoms with Crippen LogP contribution in [0.4, 0.5) is 0 Å². The van der Waals surface area contributed by atoms with Gasteiger partial charge in [-0.05, 0) is 31.3 Å². The van der Waals surface area contributed by atoms with Crippen LogP contribution in [0.5, 0.6) is 0 Å². The topological polar surface area (TPSA) is 23.5 Å². The minimum absolute atomic E-state index is 0.135. The number of aliphatic hydroxyl groups excluding tert-OH is 1. The van der Waals surface area contributed by atoms with Gasteiger partial charge in [-0.1, -0.05) is 20.8 Å². The molecule has 0 aromatic heterocycles. The summed E-state index contributed by atoms with van der Waals surface area (Å²) in [5.41, 5.74) is 0.251. The fourth-order valence-corrected chi connectivity index (χ4v) is 2.10. The first-order chi connectivity index (χ1) is 5.41. The summed E-state index contributed by atoms with van der Waals surface area (Å²) < 4.78 is 0. The highest BCUT2D eigenvalue weighted by atomic mass is 16.3. The largest absolute Gasteiger partial charge is 0.391 e. The van der Waals surface area contributed by atoms with E-state index in [2.05, 4.69) is 32.7 Å². The van der Waals surface area contributed by atoms with Crippen molar-refractivity contribution in [3.63, 3.8) is 0 Å². The van der Waals surface area contributed by atoms with Crippen LogP contribution in [0.15, 0.2) is 0 Å². The Hall–Kier alpha value is -0.0800. The number of β-amino-alcohol motifs (C(OH)–C–C–N with tert-alkyl or cyclic N) is 1. The number of likely N-dealkylation sites (tertiary alicyclic amines) is 1. The molecule has 12 heavy (non-hydrogen) atoms. The van der Waals surface area contributed by atoms with Crippen molar-refractivity contribution in [1.29, 1.82) is 0 Å². The Morgan fingerprint density at radius 1 is 1.33 bits per heavy atom. The normalized spacial score (nSPS) is 33.8. The van der Waals surface area contributed by atoms with E-state index < -0.39 is 0 Å². The van der Waals surface area contributed by atoms with E-state index in [0.29, 0.717) is 5.92 Å². The Kier molecular flexibility index (Phi) is 2.79. The van der Waals surface area contributed by atoms with E-state index in [-0.39, 0.29) is 11.5 Å².